The molecular formula is C20H22F2N4O4S. The van der Waals surface area contributed by atoms with E-state index in [-0.39, 0.29) is 55.3 Å². The number of nitrogens with two attached hydrogens (primary N) is 1. The third-order valence-electron chi connectivity index (χ3n) is 6.32. The predicted octanol–water partition coefficient (Wildman–Crippen LogP) is 1.52. The molecule has 1 saturated heterocycles. The van der Waals surface area contributed by atoms with Gasteiger partial charge in [-0.15, -0.1) is 0 Å². The van der Waals surface area contributed by atoms with Gasteiger partial charge in [-0.25, -0.2) is 23.5 Å². The number of ether oxygens (including phenoxy) is 1. The first-order valence-electron chi connectivity index (χ1n) is 10.0. The molecule has 1 aliphatic carbocycles. The van der Waals surface area contributed by atoms with Crippen molar-refractivity contribution in [2.24, 2.45) is 5.14 Å². The predicted molar refractivity (Wildman–Crippen MR) is 109 cm³/mol. The highest BCUT2D eigenvalue weighted by Gasteiger charge is 2.45. The summed E-state index contributed by atoms with van der Waals surface area (Å²) in [5, 5.41) is 15.0. The van der Waals surface area contributed by atoms with Gasteiger partial charge in [0.1, 0.15) is 11.4 Å². The number of β-amino-alcohol motifs (C(OH)–C–C–N with tert-alkyl or cyclic N) is 1. The van der Waals surface area contributed by atoms with E-state index in [0.29, 0.717) is 28.1 Å². The van der Waals surface area contributed by atoms with Gasteiger partial charge in [0.15, 0.2) is 0 Å². The van der Waals surface area contributed by atoms with E-state index in [9.17, 15) is 22.3 Å². The maximum atomic E-state index is 14.5. The van der Waals surface area contributed by atoms with Crippen LogP contribution in [0.15, 0.2) is 18.2 Å². The summed E-state index contributed by atoms with van der Waals surface area (Å²) in [5.41, 5.74) is 1.86. The number of sulfonamides is 1. The minimum atomic E-state index is -3.66. The lowest BCUT2D eigenvalue weighted by molar-refractivity contribution is -0.00603. The largest absolute Gasteiger partial charge is 0.493 e. The van der Waals surface area contributed by atoms with Crippen LogP contribution in [0.25, 0.3) is 11.3 Å². The van der Waals surface area contributed by atoms with Gasteiger partial charge in [0.2, 0.25) is 16.0 Å². The molecule has 1 aromatic heterocycles. The molecule has 5 rings (SSSR count). The van der Waals surface area contributed by atoms with Gasteiger partial charge in [0.05, 0.1) is 30.2 Å². The number of anilines is 1. The van der Waals surface area contributed by atoms with Crippen LogP contribution in [0.4, 0.5) is 14.7 Å². The summed E-state index contributed by atoms with van der Waals surface area (Å²) >= 11 is 0. The number of alkyl halides is 2. The molecule has 0 spiro atoms. The lowest BCUT2D eigenvalue weighted by atomic mass is 9.98. The maximum Gasteiger partial charge on any atom is 0.290 e. The van der Waals surface area contributed by atoms with Crippen LogP contribution in [0.3, 0.4) is 0 Å². The molecule has 166 valence electrons. The minimum absolute atomic E-state index is 0.155. The topological polar surface area (TPSA) is 119 Å². The van der Waals surface area contributed by atoms with E-state index in [1.54, 1.807) is 30.0 Å². The molecule has 2 aliphatic heterocycles. The molecule has 0 amide bonds. The summed E-state index contributed by atoms with van der Waals surface area (Å²) in [4.78, 5) is 10.5. The van der Waals surface area contributed by atoms with Crippen molar-refractivity contribution in [3.8, 4) is 17.0 Å². The second-order valence-corrected chi connectivity index (χ2v) is 10.1. The number of nitrogens with zero attached hydrogens (tertiary/aromatic N) is 3. The molecule has 1 fully saturated rings. The van der Waals surface area contributed by atoms with Gasteiger partial charge in [-0.3, -0.25) is 0 Å². The van der Waals surface area contributed by atoms with Crippen LogP contribution < -0.4 is 14.8 Å². The standard InChI is InChI=1S/C20H22F2N4O4S/c1-10-15(27)7-26(10)19-24-17(14-4-5-20(21,22)18(14)25-19)11-2-3-13-12(9-31(23,28)29)8-30-16(13)6-11/h2-3,6,10,12,15,27H,4-5,7-9H2,1H3,(H2,23,28,29)/t10-,12-,15+/m0/s1. The van der Waals surface area contributed by atoms with Crippen molar-refractivity contribution < 1.29 is 27.0 Å². The van der Waals surface area contributed by atoms with Crippen LogP contribution >= 0.6 is 0 Å². The molecule has 0 saturated carbocycles. The zero-order valence-corrected chi connectivity index (χ0v) is 17.6. The van der Waals surface area contributed by atoms with Crippen LogP contribution in [0.1, 0.15) is 36.1 Å². The van der Waals surface area contributed by atoms with Gasteiger partial charge in [0, 0.05) is 35.6 Å². The molecule has 0 radical (unpaired) electrons. The van der Waals surface area contributed by atoms with E-state index in [1.165, 1.54) is 0 Å². The van der Waals surface area contributed by atoms with Crippen molar-refractivity contribution in [3.05, 3.63) is 35.0 Å². The molecule has 3 heterocycles. The molecule has 0 unspecified atom stereocenters. The maximum absolute atomic E-state index is 14.5. The Balaban J connectivity index is 1.57. The van der Waals surface area contributed by atoms with Crippen LogP contribution in [0, 0.1) is 0 Å². The first-order valence-corrected chi connectivity index (χ1v) is 11.8. The quantitative estimate of drug-likeness (QED) is 0.722. The second-order valence-electron chi connectivity index (χ2n) is 8.45. The zero-order valence-electron chi connectivity index (χ0n) is 16.8. The Morgan fingerprint density at radius 3 is 2.81 bits per heavy atom. The number of primary sulfonamides is 1. The third-order valence-corrected chi connectivity index (χ3v) is 7.19. The lowest BCUT2D eigenvalue weighted by Gasteiger charge is -2.43. The summed E-state index contributed by atoms with van der Waals surface area (Å²) in [7, 11) is -3.66. The van der Waals surface area contributed by atoms with Crippen molar-refractivity contribution in [1.29, 1.82) is 0 Å². The second kappa shape index (κ2) is 6.81. The van der Waals surface area contributed by atoms with Crippen LogP contribution in [0.2, 0.25) is 0 Å². The summed E-state index contributed by atoms with van der Waals surface area (Å²) in [6.07, 6.45) is -0.726. The Bertz CT molecular complexity index is 1170. The number of aliphatic hydroxyl groups excluding tert-OH is 1. The molecule has 1 aromatic carbocycles. The van der Waals surface area contributed by atoms with Crippen molar-refractivity contribution in [2.75, 3.05) is 23.8 Å². The minimum Gasteiger partial charge on any atom is -0.493 e. The number of hydrogen-bond acceptors (Lipinski definition) is 7. The van der Waals surface area contributed by atoms with Crippen LogP contribution in [-0.4, -0.2) is 54.5 Å². The Kier molecular flexibility index (Phi) is 4.51. The van der Waals surface area contributed by atoms with Gasteiger partial charge in [0.25, 0.3) is 5.92 Å². The fraction of sp³-hybridized carbons (Fsp3) is 0.500. The van der Waals surface area contributed by atoms with E-state index in [4.69, 9.17) is 9.88 Å². The fourth-order valence-electron chi connectivity index (χ4n) is 4.48. The van der Waals surface area contributed by atoms with E-state index in [0.717, 1.165) is 0 Å². The van der Waals surface area contributed by atoms with E-state index >= 15 is 0 Å². The number of fused-ring (bicyclic) bond motifs is 2. The van der Waals surface area contributed by atoms with E-state index in [2.05, 4.69) is 9.97 Å². The van der Waals surface area contributed by atoms with E-state index < -0.39 is 22.0 Å². The fourth-order valence-corrected chi connectivity index (χ4v) is 5.31. The van der Waals surface area contributed by atoms with Crippen molar-refractivity contribution in [1.82, 2.24) is 9.97 Å². The van der Waals surface area contributed by atoms with Crippen molar-refractivity contribution in [3.63, 3.8) is 0 Å². The monoisotopic (exact) mass is 452 g/mol. The molecule has 2 aromatic rings. The van der Waals surface area contributed by atoms with Gasteiger partial charge < -0.3 is 14.7 Å². The average molecular weight is 452 g/mol. The third kappa shape index (κ3) is 3.44. The number of halogens is 2. The van der Waals surface area contributed by atoms with Crippen molar-refractivity contribution >= 4 is 16.0 Å². The average Bonchev–Trinajstić information content (AvgIpc) is 3.24. The highest BCUT2D eigenvalue weighted by Crippen LogP contribution is 2.46. The molecule has 31 heavy (non-hydrogen) atoms. The van der Waals surface area contributed by atoms with Gasteiger partial charge in [-0.1, -0.05) is 12.1 Å². The Labute approximate surface area is 178 Å². The highest BCUT2D eigenvalue weighted by molar-refractivity contribution is 7.89. The number of aliphatic hydroxyl groups is 1. The van der Waals surface area contributed by atoms with Gasteiger partial charge in [-0.05, 0) is 19.4 Å². The number of rotatable bonds is 4. The SMILES string of the molecule is C[C@H]1[C@H](O)CN1c1nc(-c2ccc3c(c2)OC[C@H]3CS(N)(=O)=O)c2c(n1)C(F)(F)CC2. The summed E-state index contributed by atoms with van der Waals surface area (Å²) in [5.74, 6) is -2.98. The zero-order chi connectivity index (χ0) is 22.1. The highest BCUT2D eigenvalue weighted by atomic mass is 32.2. The Morgan fingerprint density at radius 2 is 2.13 bits per heavy atom. The Hall–Kier alpha value is -2.37. The van der Waals surface area contributed by atoms with Gasteiger partial charge >= 0.3 is 0 Å². The molecule has 3 N–H and O–H groups in total. The molecule has 11 heteroatoms. The molecule has 3 atom stereocenters. The molecule has 3 aliphatic rings. The normalized spacial score (nSPS) is 26.2. The Morgan fingerprint density at radius 1 is 1.35 bits per heavy atom. The smallest absolute Gasteiger partial charge is 0.290 e. The van der Waals surface area contributed by atoms with E-state index in [1.807, 2.05) is 0 Å². The number of benzene rings is 1. The lowest BCUT2D eigenvalue weighted by Crippen LogP contribution is -2.59. The first kappa shape index (κ1) is 20.5. The van der Waals surface area contributed by atoms with Crippen LogP contribution in [-0.2, 0) is 22.4 Å². The molecule has 0 bridgehead atoms. The molecule has 8 nitrogen and oxygen atoms in total. The van der Waals surface area contributed by atoms with Crippen molar-refractivity contribution in [2.45, 2.75) is 43.8 Å². The summed E-state index contributed by atoms with van der Waals surface area (Å²) in [6, 6.07) is 4.92. The summed E-state index contributed by atoms with van der Waals surface area (Å²) < 4.78 is 57.7. The number of aromatic nitrogens is 2. The van der Waals surface area contributed by atoms with Gasteiger partial charge in [-0.2, -0.15) is 8.78 Å². The number of hydrogen-bond donors (Lipinski definition) is 2. The first-order chi connectivity index (χ1) is 14.5. The summed E-state index contributed by atoms with van der Waals surface area (Å²) in [6.45, 7) is 2.26. The molecular weight excluding hydrogens is 430 g/mol. The van der Waals surface area contributed by atoms with Crippen LogP contribution in [0.5, 0.6) is 5.75 Å².